The molecule has 3 rings (SSSR count). The van der Waals surface area contributed by atoms with E-state index in [-0.39, 0.29) is 5.78 Å². The summed E-state index contributed by atoms with van der Waals surface area (Å²) in [4.78, 5) is 12.5. The van der Waals surface area contributed by atoms with E-state index in [1.54, 1.807) is 25.3 Å². The maximum absolute atomic E-state index is 12.5. The van der Waals surface area contributed by atoms with Crippen LogP contribution in [0.1, 0.15) is 27.3 Å². The van der Waals surface area contributed by atoms with Crippen LogP contribution in [0.5, 0.6) is 5.75 Å². The Kier molecular flexibility index (Phi) is 4.80. The topological polar surface area (TPSA) is 44.1 Å². The molecule has 0 aliphatic rings. The van der Waals surface area contributed by atoms with Crippen LogP contribution in [0, 0.1) is 13.8 Å². The lowest BCUT2D eigenvalue weighted by Gasteiger charge is -2.05. The summed E-state index contributed by atoms with van der Waals surface area (Å²) in [5.74, 6) is 0.481. The van der Waals surface area contributed by atoms with E-state index in [4.69, 9.17) is 4.74 Å². The quantitative estimate of drug-likeness (QED) is 0.514. The Morgan fingerprint density at radius 2 is 1.72 bits per heavy atom. The lowest BCUT2D eigenvalue weighted by atomic mass is 10.1. The zero-order chi connectivity index (χ0) is 17.8. The minimum absolute atomic E-state index is 0.0938. The number of carbonyl (C=O) groups is 1. The van der Waals surface area contributed by atoms with Gasteiger partial charge in [-0.3, -0.25) is 4.79 Å². The molecule has 1 heterocycles. The Bertz CT molecular complexity index is 924. The first kappa shape index (κ1) is 16.7. The van der Waals surface area contributed by atoms with Crippen LogP contribution in [0.4, 0.5) is 0 Å². The van der Waals surface area contributed by atoms with E-state index in [0.29, 0.717) is 11.3 Å². The van der Waals surface area contributed by atoms with Gasteiger partial charge in [-0.15, -0.1) is 0 Å². The van der Waals surface area contributed by atoms with Gasteiger partial charge in [0.1, 0.15) is 5.75 Å². The summed E-state index contributed by atoms with van der Waals surface area (Å²) < 4.78 is 7.15. The molecule has 0 aliphatic heterocycles. The smallest absolute Gasteiger partial charge is 0.189 e. The van der Waals surface area contributed by atoms with Crippen LogP contribution in [-0.4, -0.2) is 22.7 Å². The molecule has 4 nitrogen and oxygen atoms in total. The van der Waals surface area contributed by atoms with E-state index >= 15 is 0 Å². The predicted molar refractivity (Wildman–Crippen MR) is 99.4 cm³/mol. The van der Waals surface area contributed by atoms with Crippen molar-refractivity contribution in [2.24, 2.45) is 0 Å². The van der Waals surface area contributed by atoms with Crippen LogP contribution in [-0.2, 0) is 0 Å². The highest BCUT2D eigenvalue weighted by molar-refractivity contribution is 6.08. The predicted octanol–water partition coefficient (Wildman–Crippen LogP) is 4.39. The van der Waals surface area contributed by atoms with E-state index in [1.165, 1.54) is 0 Å². The number of para-hydroxylation sites is 2. The molecule has 25 heavy (non-hydrogen) atoms. The normalized spacial score (nSPS) is 11.0. The molecule has 126 valence electrons. The molecule has 0 saturated heterocycles. The zero-order valence-corrected chi connectivity index (χ0v) is 14.6. The minimum atomic E-state index is -0.0938. The van der Waals surface area contributed by atoms with E-state index < -0.39 is 0 Å². The number of benzene rings is 2. The van der Waals surface area contributed by atoms with Gasteiger partial charge in [0.2, 0.25) is 0 Å². The number of ketones is 1. The van der Waals surface area contributed by atoms with Gasteiger partial charge in [0.05, 0.1) is 24.1 Å². The average Bonchev–Trinajstić information content (AvgIpc) is 2.94. The van der Waals surface area contributed by atoms with Crippen molar-refractivity contribution in [1.82, 2.24) is 9.78 Å². The van der Waals surface area contributed by atoms with Crippen molar-refractivity contribution < 1.29 is 9.53 Å². The van der Waals surface area contributed by atoms with Gasteiger partial charge in [-0.2, -0.15) is 5.10 Å². The fourth-order valence-corrected chi connectivity index (χ4v) is 2.81. The van der Waals surface area contributed by atoms with Gasteiger partial charge in [0.25, 0.3) is 0 Å². The van der Waals surface area contributed by atoms with E-state index in [0.717, 1.165) is 22.6 Å². The highest BCUT2D eigenvalue weighted by Gasteiger charge is 2.12. The monoisotopic (exact) mass is 332 g/mol. The summed E-state index contributed by atoms with van der Waals surface area (Å²) in [5, 5.41) is 4.59. The van der Waals surface area contributed by atoms with Crippen molar-refractivity contribution in [3.8, 4) is 11.4 Å². The summed E-state index contributed by atoms with van der Waals surface area (Å²) >= 11 is 0. The highest BCUT2D eigenvalue weighted by Crippen LogP contribution is 2.21. The largest absolute Gasteiger partial charge is 0.496 e. The molecule has 0 spiro atoms. The van der Waals surface area contributed by atoms with Crippen molar-refractivity contribution in [3.63, 3.8) is 0 Å². The Balaban J connectivity index is 1.92. The van der Waals surface area contributed by atoms with Crippen LogP contribution in [0.25, 0.3) is 11.8 Å². The molecule has 0 aliphatic carbocycles. The summed E-state index contributed by atoms with van der Waals surface area (Å²) in [6.45, 7) is 3.94. The molecule has 0 atom stereocenters. The Morgan fingerprint density at radius 1 is 1.04 bits per heavy atom. The molecule has 0 unspecified atom stereocenters. The number of aryl methyl sites for hydroxylation is 1. The van der Waals surface area contributed by atoms with Crippen molar-refractivity contribution >= 4 is 11.9 Å². The molecule has 3 aromatic rings. The first-order chi connectivity index (χ1) is 12.1. The van der Waals surface area contributed by atoms with Crippen molar-refractivity contribution in [2.75, 3.05) is 7.11 Å². The first-order valence-corrected chi connectivity index (χ1v) is 8.09. The molecule has 1 aromatic heterocycles. The number of allylic oxidation sites excluding steroid dienone is 1. The second kappa shape index (κ2) is 7.18. The van der Waals surface area contributed by atoms with Gasteiger partial charge in [0.15, 0.2) is 5.78 Å². The molecule has 4 heteroatoms. The van der Waals surface area contributed by atoms with Gasteiger partial charge in [-0.05, 0) is 50.3 Å². The molecule has 0 amide bonds. The Hall–Kier alpha value is -3.14. The Morgan fingerprint density at radius 3 is 2.44 bits per heavy atom. The summed E-state index contributed by atoms with van der Waals surface area (Å²) in [5.41, 5.74) is 4.37. The van der Waals surface area contributed by atoms with Crippen molar-refractivity contribution in [2.45, 2.75) is 13.8 Å². The summed E-state index contributed by atoms with van der Waals surface area (Å²) in [6, 6.07) is 17.2. The molecule has 0 saturated carbocycles. The van der Waals surface area contributed by atoms with Gasteiger partial charge in [-0.25, -0.2) is 4.68 Å². The maximum atomic E-state index is 12.5. The van der Waals surface area contributed by atoms with Crippen LogP contribution in [0.15, 0.2) is 60.7 Å². The number of hydrogen-bond acceptors (Lipinski definition) is 3. The molecular weight excluding hydrogens is 312 g/mol. The minimum Gasteiger partial charge on any atom is -0.496 e. The lowest BCUT2D eigenvalue weighted by molar-refractivity contribution is 0.104. The van der Waals surface area contributed by atoms with Gasteiger partial charge < -0.3 is 4.74 Å². The maximum Gasteiger partial charge on any atom is 0.189 e. The van der Waals surface area contributed by atoms with E-state index in [1.807, 2.05) is 67.1 Å². The third-order valence-electron chi connectivity index (χ3n) is 4.12. The van der Waals surface area contributed by atoms with Crippen molar-refractivity contribution in [3.05, 3.63) is 83.2 Å². The summed E-state index contributed by atoms with van der Waals surface area (Å²) in [6.07, 6.45) is 3.40. The van der Waals surface area contributed by atoms with Crippen LogP contribution < -0.4 is 4.74 Å². The van der Waals surface area contributed by atoms with Crippen LogP contribution in [0.2, 0.25) is 0 Å². The fourth-order valence-electron chi connectivity index (χ4n) is 2.81. The number of rotatable bonds is 5. The number of methoxy groups -OCH3 is 1. The molecule has 2 aromatic carbocycles. The lowest BCUT2D eigenvalue weighted by Crippen LogP contribution is -1.99. The van der Waals surface area contributed by atoms with E-state index in [9.17, 15) is 4.79 Å². The number of carbonyl (C=O) groups excluding carboxylic acids is 1. The molecule has 0 bridgehead atoms. The standard InChI is InChI=1S/C21H20N2O2/c1-15-18(16(2)23(22-15)17-9-5-4-6-10-17)13-14-20(24)19-11-7-8-12-21(19)25-3/h4-14H,1-3H3/b14-13+. The number of ether oxygens (including phenoxy) is 1. The second-order valence-electron chi connectivity index (χ2n) is 5.73. The van der Waals surface area contributed by atoms with Crippen molar-refractivity contribution in [1.29, 1.82) is 0 Å². The van der Waals surface area contributed by atoms with Gasteiger partial charge >= 0.3 is 0 Å². The SMILES string of the molecule is COc1ccccc1C(=O)/C=C/c1c(C)nn(-c2ccccc2)c1C. The highest BCUT2D eigenvalue weighted by atomic mass is 16.5. The van der Waals surface area contributed by atoms with Crippen LogP contribution in [0.3, 0.4) is 0 Å². The number of aromatic nitrogens is 2. The third kappa shape index (κ3) is 3.38. The average molecular weight is 332 g/mol. The van der Waals surface area contributed by atoms with Gasteiger partial charge in [0, 0.05) is 11.3 Å². The Labute approximate surface area is 147 Å². The second-order valence-corrected chi connectivity index (χ2v) is 5.73. The summed E-state index contributed by atoms with van der Waals surface area (Å²) in [7, 11) is 1.56. The molecular formula is C21H20N2O2. The fraction of sp³-hybridized carbons (Fsp3) is 0.143. The third-order valence-corrected chi connectivity index (χ3v) is 4.12. The van der Waals surface area contributed by atoms with E-state index in [2.05, 4.69) is 5.10 Å². The first-order valence-electron chi connectivity index (χ1n) is 8.09. The van der Waals surface area contributed by atoms with Crippen LogP contribution >= 0.6 is 0 Å². The zero-order valence-electron chi connectivity index (χ0n) is 14.6. The molecule has 0 N–H and O–H groups in total. The molecule has 0 fully saturated rings. The number of hydrogen-bond donors (Lipinski definition) is 0. The van der Waals surface area contributed by atoms with Gasteiger partial charge in [-0.1, -0.05) is 30.3 Å². The molecule has 0 radical (unpaired) electrons. The number of nitrogens with zero attached hydrogens (tertiary/aromatic N) is 2.